The average Bonchev–Trinajstić information content (AvgIpc) is 2.22. The molecule has 0 fully saturated rings. The van der Waals surface area contributed by atoms with Crippen LogP contribution in [-0.2, 0) is 0 Å². The molecule has 4 heteroatoms. The molecule has 0 saturated heterocycles. The van der Waals surface area contributed by atoms with Gasteiger partial charge in [-0.15, -0.1) is 0 Å². The van der Waals surface area contributed by atoms with Crippen LogP contribution in [0.15, 0.2) is 41.0 Å². The van der Waals surface area contributed by atoms with E-state index in [1.165, 1.54) is 6.07 Å². The van der Waals surface area contributed by atoms with Gasteiger partial charge in [-0.05, 0) is 35.9 Å². The maximum Gasteiger partial charge on any atom is 0.131 e. The molecule has 2 N–H and O–H groups in total. The normalized spacial score (nSPS) is 10.3. The number of aromatic nitrogens is 1. The van der Waals surface area contributed by atoms with Crippen LogP contribution < -0.4 is 5.73 Å². The van der Waals surface area contributed by atoms with Crippen molar-refractivity contribution in [1.29, 1.82) is 0 Å². The monoisotopic (exact) mass is 266 g/mol. The lowest BCUT2D eigenvalue weighted by molar-refractivity contribution is 0.631. The Labute approximate surface area is 95.1 Å². The lowest BCUT2D eigenvalue weighted by Gasteiger charge is -2.04. The molecule has 76 valence electrons. The first-order chi connectivity index (χ1) is 7.16. The molecule has 0 amide bonds. The van der Waals surface area contributed by atoms with Crippen LogP contribution in [0, 0.1) is 5.82 Å². The molecule has 1 aromatic heterocycles. The van der Waals surface area contributed by atoms with Crippen molar-refractivity contribution in [2.75, 3.05) is 5.73 Å². The van der Waals surface area contributed by atoms with Gasteiger partial charge in [0.1, 0.15) is 11.6 Å². The van der Waals surface area contributed by atoms with Gasteiger partial charge >= 0.3 is 0 Å². The van der Waals surface area contributed by atoms with Gasteiger partial charge in [0.2, 0.25) is 0 Å². The first kappa shape index (κ1) is 10.1. The number of benzene rings is 1. The van der Waals surface area contributed by atoms with Crippen LogP contribution in [0.5, 0.6) is 0 Å². The van der Waals surface area contributed by atoms with Crippen LogP contribution in [0.4, 0.5) is 10.2 Å². The predicted octanol–water partition coefficient (Wildman–Crippen LogP) is 3.23. The highest BCUT2D eigenvalue weighted by molar-refractivity contribution is 9.10. The van der Waals surface area contributed by atoms with E-state index in [2.05, 4.69) is 20.9 Å². The largest absolute Gasteiger partial charge is 0.384 e. The molecular weight excluding hydrogens is 259 g/mol. The molecule has 2 nitrogen and oxygen atoms in total. The first-order valence-electron chi connectivity index (χ1n) is 4.34. The maximum absolute atomic E-state index is 13.5. The maximum atomic E-state index is 13.5. The molecule has 1 heterocycles. The number of hydrogen-bond acceptors (Lipinski definition) is 2. The molecule has 0 unspecified atom stereocenters. The van der Waals surface area contributed by atoms with Crippen LogP contribution in [0.25, 0.3) is 11.1 Å². The zero-order valence-electron chi connectivity index (χ0n) is 7.74. The van der Waals surface area contributed by atoms with Gasteiger partial charge in [0.05, 0.1) is 0 Å². The Morgan fingerprint density at radius 3 is 2.73 bits per heavy atom. The quantitative estimate of drug-likeness (QED) is 0.861. The molecule has 0 aliphatic rings. The van der Waals surface area contributed by atoms with E-state index >= 15 is 0 Å². The number of rotatable bonds is 1. The highest BCUT2D eigenvalue weighted by Crippen LogP contribution is 2.26. The van der Waals surface area contributed by atoms with Crippen LogP contribution in [-0.4, -0.2) is 4.98 Å². The fourth-order valence-electron chi connectivity index (χ4n) is 1.33. The van der Waals surface area contributed by atoms with Crippen LogP contribution in [0.1, 0.15) is 0 Å². The third-order valence-corrected chi connectivity index (χ3v) is 2.51. The number of nitrogen functional groups attached to an aromatic ring is 1. The molecule has 0 atom stereocenters. The zero-order chi connectivity index (χ0) is 10.8. The Hall–Kier alpha value is -1.42. The van der Waals surface area contributed by atoms with E-state index in [0.717, 1.165) is 10.0 Å². The van der Waals surface area contributed by atoms with Gasteiger partial charge in [-0.3, -0.25) is 0 Å². The third-order valence-electron chi connectivity index (χ3n) is 2.02. The summed E-state index contributed by atoms with van der Waals surface area (Å²) in [4.78, 5) is 3.86. The summed E-state index contributed by atoms with van der Waals surface area (Å²) in [6, 6.07) is 8.15. The fraction of sp³-hybridized carbons (Fsp3) is 0. The van der Waals surface area contributed by atoms with Gasteiger partial charge in [0.15, 0.2) is 0 Å². The van der Waals surface area contributed by atoms with Crippen LogP contribution in [0.3, 0.4) is 0 Å². The Balaban J connectivity index is 2.58. The Morgan fingerprint density at radius 2 is 2.00 bits per heavy atom. The van der Waals surface area contributed by atoms with Gasteiger partial charge < -0.3 is 5.73 Å². The van der Waals surface area contributed by atoms with E-state index in [-0.39, 0.29) is 5.82 Å². The van der Waals surface area contributed by atoms with Gasteiger partial charge in [0, 0.05) is 16.2 Å². The van der Waals surface area contributed by atoms with Crippen molar-refractivity contribution in [2.24, 2.45) is 0 Å². The molecule has 0 spiro atoms. The first-order valence-corrected chi connectivity index (χ1v) is 5.13. The predicted molar refractivity (Wildman–Crippen MR) is 61.7 cm³/mol. The highest BCUT2D eigenvalue weighted by Gasteiger charge is 2.05. The fourth-order valence-corrected chi connectivity index (χ4v) is 1.70. The van der Waals surface area contributed by atoms with Crippen LogP contribution >= 0.6 is 15.9 Å². The van der Waals surface area contributed by atoms with Crippen molar-refractivity contribution < 1.29 is 4.39 Å². The number of hydrogen-bond donors (Lipinski definition) is 1. The number of anilines is 1. The Bertz CT molecular complexity index is 500. The zero-order valence-corrected chi connectivity index (χ0v) is 9.33. The summed E-state index contributed by atoms with van der Waals surface area (Å²) in [5.74, 6) is 0.107. The summed E-state index contributed by atoms with van der Waals surface area (Å²) in [5, 5.41) is 0. The molecule has 0 radical (unpaired) electrons. The summed E-state index contributed by atoms with van der Waals surface area (Å²) in [7, 11) is 0. The number of pyridine rings is 1. The minimum Gasteiger partial charge on any atom is -0.384 e. The van der Waals surface area contributed by atoms with E-state index in [1.54, 1.807) is 30.5 Å². The number of halogens is 2. The molecule has 0 bridgehead atoms. The number of nitrogens with two attached hydrogens (primary N) is 1. The molecule has 15 heavy (non-hydrogen) atoms. The van der Waals surface area contributed by atoms with Gasteiger partial charge in [-0.25, -0.2) is 9.37 Å². The minimum atomic E-state index is -0.274. The summed E-state index contributed by atoms with van der Waals surface area (Å²) in [5.41, 5.74) is 6.77. The molecular formula is C11H8BrFN2. The molecule has 2 aromatic rings. The average molecular weight is 267 g/mol. The molecule has 0 saturated carbocycles. The SMILES string of the molecule is Nc1cc(-c2cc(Br)ccc2F)ccn1. The molecule has 2 rings (SSSR count). The van der Waals surface area contributed by atoms with E-state index in [9.17, 15) is 4.39 Å². The van der Waals surface area contributed by atoms with Gasteiger partial charge in [-0.1, -0.05) is 15.9 Å². The van der Waals surface area contributed by atoms with Crippen molar-refractivity contribution in [3.63, 3.8) is 0 Å². The van der Waals surface area contributed by atoms with Crippen LogP contribution in [0.2, 0.25) is 0 Å². The van der Waals surface area contributed by atoms with Crippen molar-refractivity contribution in [1.82, 2.24) is 4.98 Å². The summed E-state index contributed by atoms with van der Waals surface area (Å²) < 4.78 is 14.3. The van der Waals surface area contributed by atoms with E-state index in [1.807, 2.05) is 0 Å². The second-order valence-corrected chi connectivity index (χ2v) is 4.01. The smallest absolute Gasteiger partial charge is 0.131 e. The van der Waals surface area contributed by atoms with E-state index in [4.69, 9.17) is 5.73 Å². The summed E-state index contributed by atoms with van der Waals surface area (Å²) in [6.45, 7) is 0. The molecule has 0 aliphatic heterocycles. The van der Waals surface area contributed by atoms with Crippen molar-refractivity contribution in [3.8, 4) is 11.1 Å². The van der Waals surface area contributed by atoms with Gasteiger partial charge in [0.25, 0.3) is 0 Å². The third kappa shape index (κ3) is 2.15. The lowest BCUT2D eigenvalue weighted by Crippen LogP contribution is -1.91. The van der Waals surface area contributed by atoms with E-state index < -0.39 is 0 Å². The van der Waals surface area contributed by atoms with Crippen molar-refractivity contribution in [3.05, 3.63) is 46.8 Å². The number of nitrogens with zero attached hydrogens (tertiary/aromatic N) is 1. The van der Waals surface area contributed by atoms with Crippen molar-refractivity contribution in [2.45, 2.75) is 0 Å². The standard InChI is InChI=1S/C11H8BrFN2/c12-8-1-2-10(13)9(6-8)7-3-4-15-11(14)5-7/h1-6H,(H2,14,15). The second kappa shape index (κ2) is 3.98. The Morgan fingerprint density at radius 1 is 1.20 bits per heavy atom. The Kier molecular flexibility index (Phi) is 2.68. The highest BCUT2D eigenvalue weighted by atomic mass is 79.9. The molecule has 0 aliphatic carbocycles. The van der Waals surface area contributed by atoms with E-state index in [0.29, 0.717) is 11.4 Å². The lowest BCUT2D eigenvalue weighted by atomic mass is 10.1. The van der Waals surface area contributed by atoms with Crippen molar-refractivity contribution >= 4 is 21.7 Å². The van der Waals surface area contributed by atoms with Gasteiger partial charge in [-0.2, -0.15) is 0 Å². The topological polar surface area (TPSA) is 38.9 Å². The molecule has 1 aromatic carbocycles. The summed E-state index contributed by atoms with van der Waals surface area (Å²) >= 11 is 3.30. The minimum absolute atomic E-state index is 0.274. The second-order valence-electron chi connectivity index (χ2n) is 3.09. The summed E-state index contributed by atoms with van der Waals surface area (Å²) in [6.07, 6.45) is 1.56.